The molecule has 0 saturated carbocycles. The molecule has 0 aliphatic carbocycles. The molecule has 18 heavy (non-hydrogen) atoms. The number of aliphatic hydroxyl groups is 1. The van der Waals surface area contributed by atoms with E-state index in [1.165, 1.54) is 12.0 Å². The van der Waals surface area contributed by atoms with Crippen molar-refractivity contribution in [3.05, 3.63) is 16.9 Å². The maximum absolute atomic E-state index is 11.9. The molecule has 0 spiro atoms. The molecule has 0 aromatic carbocycles. The molecule has 1 aliphatic rings. The second kappa shape index (κ2) is 6.59. The zero-order chi connectivity index (χ0) is 13.5. The number of aliphatic hydroxyl groups excluding tert-OH is 1. The highest BCUT2D eigenvalue weighted by Gasteiger charge is 2.34. The van der Waals surface area contributed by atoms with Crippen molar-refractivity contribution in [2.45, 2.75) is 31.7 Å². The van der Waals surface area contributed by atoms with E-state index in [1.54, 1.807) is 0 Å². The van der Waals surface area contributed by atoms with Crippen LogP contribution in [0.5, 0.6) is 0 Å². The van der Waals surface area contributed by atoms with Crippen LogP contribution in [0, 0.1) is 5.39 Å². The van der Waals surface area contributed by atoms with E-state index < -0.39 is 12.0 Å². The van der Waals surface area contributed by atoms with Crippen LogP contribution >= 0.6 is 0 Å². The number of allylic oxidation sites excluding steroid dienone is 1. The highest BCUT2D eigenvalue weighted by atomic mass is 16.5. The summed E-state index contributed by atoms with van der Waals surface area (Å²) in [6.07, 6.45) is 2.37. The van der Waals surface area contributed by atoms with E-state index in [1.807, 2.05) is 0 Å². The quantitative estimate of drug-likeness (QED) is 0.462. The van der Waals surface area contributed by atoms with Crippen molar-refractivity contribution in [3.63, 3.8) is 0 Å². The summed E-state index contributed by atoms with van der Waals surface area (Å²) in [7, 11) is 1.29. The van der Waals surface area contributed by atoms with Crippen molar-refractivity contribution in [1.82, 2.24) is 4.90 Å². The van der Waals surface area contributed by atoms with Crippen molar-refractivity contribution in [1.29, 1.82) is 5.39 Å². The van der Waals surface area contributed by atoms with Crippen LogP contribution in [0.3, 0.4) is 0 Å². The topological polar surface area (TPSA) is 95.0 Å². The fourth-order valence-electron chi connectivity index (χ4n) is 1.96. The van der Waals surface area contributed by atoms with Crippen LogP contribution < -0.4 is 0 Å². The molecule has 0 aromatic rings. The Morgan fingerprint density at radius 1 is 1.56 bits per heavy atom. The first-order chi connectivity index (χ1) is 8.60. The van der Waals surface area contributed by atoms with Gasteiger partial charge in [-0.15, -0.1) is 0 Å². The monoisotopic (exact) mass is 254 g/mol. The van der Waals surface area contributed by atoms with Gasteiger partial charge < -0.3 is 14.7 Å². The van der Waals surface area contributed by atoms with E-state index in [-0.39, 0.29) is 24.5 Å². The number of esters is 1. The van der Waals surface area contributed by atoms with Gasteiger partial charge in [-0.1, -0.05) is 0 Å². The molecule has 1 heterocycles. The molecule has 0 radical (unpaired) electrons. The summed E-state index contributed by atoms with van der Waals surface area (Å²) in [5.41, 5.74) is 0. The third kappa shape index (κ3) is 3.45. The molecule has 0 bridgehead atoms. The molecule has 1 N–H and O–H groups in total. The maximum Gasteiger partial charge on any atom is 0.387 e. The number of carbonyl (C=O) groups is 2. The minimum Gasteiger partial charge on any atom is -0.505 e. The summed E-state index contributed by atoms with van der Waals surface area (Å²) in [5.74, 6) is -0.813. The Kier molecular flexibility index (Phi) is 5.11. The van der Waals surface area contributed by atoms with Crippen LogP contribution in [0.25, 0.3) is 4.98 Å². The first-order valence-corrected chi connectivity index (χ1v) is 5.69. The highest BCUT2D eigenvalue weighted by Crippen LogP contribution is 2.20. The molecule has 1 amide bonds. The molecule has 0 aromatic heterocycles. The molecular formula is C11H16N3O4+. The van der Waals surface area contributed by atoms with E-state index in [0.717, 1.165) is 12.6 Å². The molecular weight excluding hydrogens is 238 g/mol. The third-order valence-electron chi connectivity index (χ3n) is 2.85. The minimum atomic E-state index is -0.517. The number of amides is 1. The molecule has 1 fully saturated rings. The predicted octanol–water partition coefficient (Wildman–Crippen LogP) is 1.18. The number of ether oxygens (including phenoxy) is 1. The zero-order valence-corrected chi connectivity index (χ0v) is 10.2. The van der Waals surface area contributed by atoms with Gasteiger partial charge in [-0.25, -0.2) is 4.79 Å². The Balaban J connectivity index is 2.53. The molecule has 7 nitrogen and oxygen atoms in total. The van der Waals surface area contributed by atoms with E-state index in [2.05, 4.69) is 9.71 Å². The van der Waals surface area contributed by atoms with Crippen LogP contribution in [0.15, 0.2) is 12.0 Å². The van der Waals surface area contributed by atoms with Crippen LogP contribution in [-0.2, 0) is 14.3 Å². The Hall–Kier alpha value is -2.10. The smallest absolute Gasteiger partial charge is 0.387 e. The fourth-order valence-corrected chi connectivity index (χ4v) is 1.96. The Bertz CT molecular complexity index is 400. The summed E-state index contributed by atoms with van der Waals surface area (Å²) in [4.78, 5) is 27.4. The zero-order valence-electron chi connectivity index (χ0n) is 10.2. The van der Waals surface area contributed by atoms with Gasteiger partial charge in [0.1, 0.15) is 6.04 Å². The van der Waals surface area contributed by atoms with E-state index >= 15 is 0 Å². The van der Waals surface area contributed by atoms with Crippen molar-refractivity contribution in [2.24, 2.45) is 0 Å². The van der Waals surface area contributed by atoms with Gasteiger partial charge >= 0.3 is 12.2 Å². The average molecular weight is 254 g/mol. The number of rotatable bonds is 4. The molecule has 1 saturated heterocycles. The normalized spacial score (nSPS) is 19.4. The Labute approximate surface area is 105 Å². The number of methoxy groups -OCH3 is 1. The number of hydrogen-bond donors (Lipinski definition) is 1. The second-order valence-corrected chi connectivity index (χ2v) is 4.00. The standard InChI is InChI=1S/C11H15N3O4/c1-18-11(17)9-3-2-6-14(9)10(16)5-4-8(15)7-13-12/h7,9H,2-6H2,1H3/p+1/b8-7+. The van der Waals surface area contributed by atoms with Gasteiger partial charge in [0, 0.05) is 19.4 Å². The number of nitrogens with zero attached hydrogens (tertiary/aromatic N) is 3. The van der Waals surface area contributed by atoms with Gasteiger partial charge in [-0.3, -0.25) is 4.79 Å². The SMILES string of the molecule is COC(=O)C1CCCN1C(=O)CC/C(O)=C\[N+]#N. The molecule has 1 unspecified atom stereocenters. The Morgan fingerprint density at radius 2 is 2.28 bits per heavy atom. The van der Waals surface area contributed by atoms with Crippen LogP contribution in [0.1, 0.15) is 25.7 Å². The van der Waals surface area contributed by atoms with Crippen molar-refractivity contribution in [3.8, 4) is 0 Å². The number of likely N-dealkylation sites (tertiary alicyclic amines) is 1. The number of diazo groups is 1. The van der Waals surface area contributed by atoms with Crippen LogP contribution in [0.2, 0.25) is 0 Å². The number of carbonyl (C=O) groups excluding carboxylic acids is 2. The van der Waals surface area contributed by atoms with Gasteiger partial charge in [-0.2, -0.15) is 0 Å². The van der Waals surface area contributed by atoms with Crippen LogP contribution in [0.4, 0.5) is 0 Å². The van der Waals surface area contributed by atoms with Gasteiger partial charge in [0.2, 0.25) is 11.3 Å². The third-order valence-corrected chi connectivity index (χ3v) is 2.85. The lowest BCUT2D eigenvalue weighted by Crippen LogP contribution is -2.41. The molecule has 7 heteroatoms. The molecule has 98 valence electrons. The van der Waals surface area contributed by atoms with Gasteiger partial charge in [0.25, 0.3) is 0 Å². The van der Waals surface area contributed by atoms with Gasteiger partial charge in [0.15, 0.2) is 10.7 Å². The lowest BCUT2D eigenvalue weighted by Gasteiger charge is -2.22. The van der Waals surface area contributed by atoms with Crippen molar-refractivity contribution >= 4 is 11.9 Å². The first kappa shape index (κ1) is 14.0. The summed E-state index contributed by atoms with van der Waals surface area (Å²) in [6, 6.07) is -0.517. The van der Waals surface area contributed by atoms with Crippen molar-refractivity contribution in [2.75, 3.05) is 13.7 Å². The second-order valence-electron chi connectivity index (χ2n) is 4.00. The predicted molar refractivity (Wildman–Crippen MR) is 61.8 cm³/mol. The summed E-state index contributed by atoms with van der Waals surface area (Å²) in [5, 5.41) is 17.4. The van der Waals surface area contributed by atoms with Crippen LogP contribution in [-0.4, -0.2) is 41.6 Å². The summed E-state index contributed by atoms with van der Waals surface area (Å²) < 4.78 is 4.64. The fraction of sp³-hybridized carbons (Fsp3) is 0.636. The lowest BCUT2D eigenvalue weighted by molar-refractivity contribution is -0.150. The van der Waals surface area contributed by atoms with E-state index in [0.29, 0.717) is 13.0 Å². The van der Waals surface area contributed by atoms with Gasteiger partial charge in [-0.05, 0) is 12.8 Å². The lowest BCUT2D eigenvalue weighted by atomic mass is 10.2. The number of hydrogen-bond acceptors (Lipinski definition) is 5. The largest absolute Gasteiger partial charge is 0.505 e. The van der Waals surface area contributed by atoms with Crippen molar-refractivity contribution < 1.29 is 19.4 Å². The molecule has 1 aliphatic heterocycles. The maximum atomic E-state index is 11.9. The van der Waals surface area contributed by atoms with Gasteiger partial charge in [0.05, 0.1) is 7.11 Å². The average Bonchev–Trinajstić information content (AvgIpc) is 2.84. The molecule has 1 atom stereocenters. The van der Waals surface area contributed by atoms with E-state index in [9.17, 15) is 14.7 Å². The summed E-state index contributed by atoms with van der Waals surface area (Å²) >= 11 is 0. The first-order valence-electron chi connectivity index (χ1n) is 5.69. The summed E-state index contributed by atoms with van der Waals surface area (Å²) in [6.45, 7) is 0.521. The Morgan fingerprint density at radius 3 is 2.89 bits per heavy atom. The highest BCUT2D eigenvalue weighted by molar-refractivity contribution is 5.85. The van der Waals surface area contributed by atoms with E-state index in [4.69, 9.17) is 5.39 Å². The minimum absolute atomic E-state index is 0.0609. The molecule has 1 rings (SSSR count).